The van der Waals surface area contributed by atoms with Crippen LogP contribution in [0.15, 0.2) is 4.63 Å². The predicted octanol–water partition coefficient (Wildman–Crippen LogP) is 1.84. The first kappa shape index (κ1) is 8.17. The monoisotopic (exact) mass is 158 g/mol. The van der Waals surface area contributed by atoms with Crippen molar-refractivity contribution in [3.05, 3.63) is 11.4 Å². The van der Waals surface area contributed by atoms with Gasteiger partial charge in [0.2, 0.25) is 0 Å². The fraction of sp³-hybridized carbons (Fsp3) is 0.714. The minimum Gasteiger partial charge on any atom is -0.244 e. The summed E-state index contributed by atoms with van der Waals surface area (Å²) in [4.78, 5) is 0. The number of rotatable bonds is 2. The van der Waals surface area contributed by atoms with Crippen LogP contribution in [0.3, 0.4) is 0 Å². The van der Waals surface area contributed by atoms with Gasteiger partial charge in [-0.2, -0.15) is 0 Å². The lowest BCUT2D eigenvalue weighted by molar-refractivity contribution is 0.199. The van der Waals surface area contributed by atoms with Crippen LogP contribution in [-0.2, 0) is 12.1 Å². The van der Waals surface area contributed by atoms with Gasteiger partial charge in [-0.1, -0.05) is 17.2 Å². The molecule has 62 valence electrons. The zero-order valence-corrected chi connectivity index (χ0v) is 6.89. The summed E-state index contributed by atoms with van der Waals surface area (Å²) in [7, 11) is 0. The van der Waals surface area contributed by atoms with E-state index < -0.39 is 5.67 Å². The van der Waals surface area contributed by atoms with Crippen LogP contribution in [0.2, 0.25) is 0 Å². The summed E-state index contributed by atoms with van der Waals surface area (Å²) in [6.07, 6.45) is 0.645. The van der Waals surface area contributed by atoms with Crippen molar-refractivity contribution in [2.75, 3.05) is 0 Å². The predicted molar refractivity (Wildman–Crippen MR) is 37.8 cm³/mol. The average molecular weight is 158 g/mol. The summed E-state index contributed by atoms with van der Waals surface area (Å²) < 4.78 is 17.7. The highest BCUT2D eigenvalue weighted by Crippen LogP contribution is 2.24. The number of halogens is 1. The maximum Gasteiger partial charge on any atom is 0.152 e. The van der Waals surface area contributed by atoms with Crippen LogP contribution in [-0.4, -0.2) is 10.3 Å². The number of hydrogen-bond acceptors (Lipinski definition) is 3. The zero-order chi connectivity index (χ0) is 8.48. The van der Waals surface area contributed by atoms with Crippen LogP contribution < -0.4 is 0 Å². The van der Waals surface area contributed by atoms with Gasteiger partial charge in [0, 0.05) is 0 Å². The topological polar surface area (TPSA) is 38.9 Å². The molecule has 0 saturated carbocycles. The quantitative estimate of drug-likeness (QED) is 0.659. The molecular formula is C7H11FN2O. The van der Waals surface area contributed by atoms with E-state index in [0.29, 0.717) is 17.8 Å². The van der Waals surface area contributed by atoms with E-state index in [1.165, 1.54) is 13.8 Å². The molecule has 0 bridgehead atoms. The normalized spacial score (nSPS) is 12.0. The highest BCUT2D eigenvalue weighted by atomic mass is 19.1. The maximum atomic E-state index is 13.2. The summed E-state index contributed by atoms with van der Waals surface area (Å²) in [5.41, 5.74) is -0.553. The van der Waals surface area contributed by atoms with Crippen molar-refractivity contribution in [3.63, 3.8) is 0 Å². The molecule has 1 aromatic rings. The highest BCUT2D eigenvalue weighted by molar-refractivity contribution is 5.14. The molecule has 0 aliphatic rings. The van der Waals surface area contributed by atoms with E-state index in [-0.39, 0.29) is 0 Å². The Morgan fingerprint density at radius 2 is 2.09 bits per heavy atom. The minimum atomic E-state index is -1.45. The smallest absolute Gasteiger partial charge is 0.152 e. The standard InChI is InChI=1S/C7H11FN2O/c1-4-5-6(7(2,3)8)10-11-9-5/h4H2,1-3H3. The first-order chi connectivity index (χ1) is 5.05. The molecule has 0 N–H and O–H groups in total. The Bertz CT molecular complexity index is 239. The van der Waals surface area contributed by atoms with Gasteiger partial charge in [-0.05, 0) is 20.3 Å². The summed E-state index contributed by atoms with van der Waals surface area (Å²) in [5, 5.41) is 7.07. The van der Waals surface area contributed by atoms with Gasteiger partial charge in [0.1, 0.15) is 11.4 Å². The van der Waals surface area contributed by atoms with E-state index in [0.717, 1.165) is 0 Å². The van der Waals surface area contributed by atoms with Crippen molar-refractivity contribution in [2.24, 2.45) is 0 Å². The van der Waals surface area contributed by atoms with E-state index in [1.54, 1.807) is 0 Å². The Morgan fingerprint density at radius 1 is 1.45 bits per heavy atom. The van der Waals surface area contributed by atoms with E-state index >= 15 is 0 Å². The third-order valence-corrected chi connectivity index (χ3v) is 1.45. The Hall–Kier alpha value is -0.930. The van der Waals surface area contributed by atoms with Crippen LogP contribution in [0.25, 0.3) is 0 Å². The molecule has 0 radical (unpaired) electrons. The molecule has 1 aromatic heterocycles. The molecule has 0 saturated heterocycles. The van der Waals surface area contributed by atoms with Crippen molar-refractivity contribution in [3.8, 4) is 0 Å². The number of nitrogens with zero attached hydrogens (tertiary/aromatic N) is 2. The third kappa shape index (κ3) is 1.56. The largest absolute Gasteiger partial charge is 0.244 e. The van der Waals surface area contributed by atoms with Gasteiger partial charge in [-0.15, -0.1) is 0 Å². The Labute approximate surface area is 64.6 Å². The van der Waals surface area contributed by atoms with Crippen LogP contribution in [0.4, 0.5) is 4.39 Å². The fourth-order valence-electron chi connectivity index (χ4n) is 0.890. The van der Waals surface area contributed by atoms with Gasteiger partial charge < -0.3 is 0 Å². The third-order valence-electron chi connectivity index (χ3n) is 1.45. The van der Waals surface area contributed by atoms with Gasteiger partial charge in [0.05, 0.1) is 0 Å². The summed E-state index contributed by atoms with van der Waals surface area (Å²) in [6, 6.07) is 0. The number of alkyl halides is 1. The molecule has 0 aliphatic carbocycles. The first-order valence-corrected chi connectivity index (χ1v) is 3.56. The molecule has 1 heterocycles. The van der Waals surface area contributed by atoms with Gasteiger partial charge in [-0.25, -0.2) is 9.02 Å². The summed E-state index contributed by atoms with van der Waals surface area (Å²) in [5.74, 6) is 0. The second kappa shape index (κ2) is 2.60. The SMILES string of the molecule is CCc1nonc1C(C)(C)F. The van der Waals surface area contributed by atoms with Gasteiger partial charge >= 0.3 is 0 Å². The molecule has 0 aliphatic heterocycles. The van der Waals surface area contributed by atoms with Crippen molar-refractivity contribution >= 4 is 0 Å². The highest BCUT2D eigenvalue weighted by Gasteiger charge is 2.26. The summed E-state index contributed by atoms with van der Waals surface area (Å²) in [6.45, 7) is 4.76. The number of aromatic nitrogens is 2. The number of hydrogen-bond donors (Lipinski definition) is 0. The van der Waals surface area contributed by atoms with Crippen LogP contribution in [0, 0.1) is 0 Å². The van der Waals surface area contributed by atoms with Crippen molar-refractivity contribution < 1.29 is 9.02 Å². The molecule has 4 heteroatoms. The zero-order valence-electron chi connectivity index (χ0n) is 6.89. The average Bonchev–Trinajstić information content (AvgIpc) is 2.31. The molecule has 3 nitrogen and oxygen atoms in total. The van der Waals surface area contributed by atoms with Gasteiger partial charge in [0.25, 0.3) is 0 Å². The van der Waals surface area contributed by atoms with E-state index in [9.17, 15) is 4.39 Å². The Balaban J connectivity index is 3.02. The maximum absolute atomic E-state index is 13.2. The second-order valence-electron chi connectivity index (χ2n) is 2.89. The summed E-state index contributed by atoms with van der Waals surface area (Å²) >= 11 is 0. The van der Waals surface area contributed by atoms with Gasteiger partial charge in [-0.3, -0.25) is 0 Å². The van der Waals surface area contributed by atoms with Crippen LogP contribution >= 0.6 is 0 Å². The molecule has 0 aromatic carbocycles. The lowest BCUT2D eigenvalue weighted by Crippen LogP contribution is -2.12. The Kier molecular flexibility index (Phi) is 1.93. The minimum absolute atomic E-state index is 0.306. The van der Waals surface area contributed by atoms with Crippen molar-refractivity contribution in [1.82, 2.24) is 10.3 Å². The van der Waals surface area contributed by atoms with E-state index in [4.69, 9.17) is 0 Å². The lowest BCUT2D eigenvalue weighted by atomic mass is 10.0. The molecule has 0 fully saturated rings. The molecule has 1 rings (SSSR count). The number of aryl methyl sites for hydroxylation is 1. The van der Waals surface area contributed by atoms with E-state index in [1.807, 2.05) is 6.92 Å². The van der Waals surface area contributed by atoms with Crippen molar-refractivity contribution in [2.45, 2.75) is 32.9 Å². The second-order valence-corrected chi connectivity index (χ2v) is 2.89. The first-order valence-electron chi connectivity index (χ1n) is 3.56. The Morgan fingerprint density at radius 3 is 2.45 bits per heavy atom. The molecule has 0 amide bonds. The molecular weight excluding hydrogens is 147 g/mol. The molecule has 0 atom stereocenters. The van der Waals surface area contributed by atoms with E-state index in [2.05, 4.69) is 14.9 Å². The van der Waals surface area contributed by atoms with Crippen LogP contribution in [0.1, 0.15) is 32.2 Å². The lowest BCUT2D eigenvalue weighted by Gasteiger charge is -2.09. The molecule has 0 spiro atoms. The van der Waals surface area contributed by atoms with Gasteiger partial charge in [0.15, 0.2) is 5.67 Å². The van der Waals surface area contributed by atoms with Crippen LogP contribution in [0.5, 0.6) is 0 Å². The van der Waals surface area contributed by atoms with Crippen molar-refractivity contribution in [1.29, 1.82) is 0 Å². The fourth-order valence-corrected chi connectivity index (χ4v) is 0.890. The molecule has 0 unspecified atom stereocenters. The molecule has 11 heavy (non-hydrogen) atoms.